The molecule has 78 valence electrons. The lowest BCUT2D eigenvalue weighted by Crippen LogP contribution is -2.18. The fourth-order valence-electron chi connectivity index (χ4n) is 1.54. The third-order valence-corrected chi connectivity index (χ3v) is 2.25. The van der Waals surface area contributed by atoms with Gasteiger partial charge < -0.3 is 10.3 Å². The van der Waals surface area contributed by atoms with Gasteiger partial charge in [0, 0.05) is 12.1 Å². The van der Waals surface area contributed by atoms with Crippen LogP contribution in [0.3, 0.4) is 0 Å². The monoisotopic (exact) mass is 206 g/mol. The van der Waals surface area contributed by atoms with E-state index in [2.05, 4.69) is 10.3 Å². The Morgan fingerprint density at radius 2 is 2.20 bits per heavy atom. The molecule has 3 nitrogen and oxygen atoms in total. The lowest BCUT2D eigenvalue weighted by atomic mass is 10.1. The van der Waals surface area contributed by atoms with E-state index in [1.54, 1.807) is 19.2 Å². The average Bonchev–Trinajstić information content (AvgIpc) is 2.20. The van der Waals surface area contributed by atoms with Gasteiger partial charge in [-0.05, 0) is 36.7 Å². The minimum atomic E-state index is -0.348. The fourth-order valence-corrected chi connectivity index (χ4v) is 1.54. The molecule has 0 bridgehead atoms. The first-order valence-corrected chi connectivity index (χ1v) is 4.67. The minimum Gasteiger partial charge on any atom is -0.322 e. The summed E-state index contributed by atoms with van der Waals surface area (Å²) < 4.78 is 12.9. The molecule has 0 radical (unpaired) electrons. The predicted molar refractivity (Wildman–Crippen MR) is 57.3 cm³/mol. The van der Waals surface area contributed by atoms with E-state index >= 15 is 0 Å². The van der Waals surface area contributed by atoms with Crippen LogP contribution < -0.4 is 10.9 Å². The molecule has 0 unspecified atom stereocenters. The Morgan fingerprint density at radius 3 is 2.93 bits per heavy atom. The zero-order valence-electron chi connectivity index (χ0n) is 8.30. The summed E-state index contributed by atoms with van der Waals surface area (Å²) in [7, 11) is 1.77. The van der Waals surface area contributed by atoms with Crippen molar-refractivity contribution in [3.05, 3.63) is 46.0 Å². The fraction of sp³-hybridized carbons (Fsp3) is 0.182. The number of aromatic nitrogens is 1. The van der Waals surface area contributed by atoms with Crippen LogP contribution in [0.2, 0.25) is 0 Å². The number of H-pyrrole nitrogens is 1. The van der Waals surface area contributed by atoms with Gasteiger partial charge in [-0.2, -0.15) is 0 Å². The Balaban J connectivity index is 2.65. The SMILES string of the molecule is CNCc1cc2ccc(F)cc2[nH]c1=O. The maximum Gasteiger partial charge on any atom is 0.252 e. The van der Waals surface area contributed by atoms with E-state index in [0.29, 0.717) is 17.6 Å². The van der Waals surface area contributed by atoms with Gasteiger partial charge in [0.05, 0.1) is 5.52 Å². The number of hydrogen-bond acceptors (Lipinski definition) is 2. The molecule has 1 aromatic heterocycles. The van der Waals surface area contributed by atoms with Gasteiger partial charge in [-0.25, -0.2) is 4.39 Å². The van der Waals surface area contributed by atoms with Gasteiger partial charge in [0.2, 0.25) is 0 Å². The summed E-state index contributed by atoms with van der Waals surface area (Å²) in [6.45, 7) is 0.503. The van der Waals surface area contributed by atoms with Gasteiger partial charge in [-0.1, -0.05) is 0 Å². The second kappa shape index (κ2) is 3.82. The lowest BCUT2D eigenvalue weighted by Gasteiger charge is -2.02. The van der Waals surface area contributed by atoms with Crippen LogP contribution in [0.25, 0.3) is 10.9 Å². The Morgan fingerprint density at radius 1 is 1.40 bits per heavy atom. The quantitative estimate of drug-likeness (QED) is 0.779. The highest BCUT2D eigenvalue weighted by atomic mass is 19.1. The van der Waals surface area contributed by atoms with E-state index in [1.165, 1.54) is 12.1 Å². The maximum atomic E-state index is 12.9. The molecule has 1 heterocycles. The Kier molecular flexibility index (Phi) is 2.51. The van der Waals surface area contributed by atoms with E-state index in [0.717, 1.165) is 5.39 Å². The molecule has 2 N–H and O–H groups in total. The van der Waals surface area contributed by atoms with Gasteiger partial charge in [0.25, 0.3) is 5.56 Å². The van der Waals surface area contributed by atoms with Crippen molar-refractivity contribution in [1.29, 1.82) is 0 Å². The summed E-state index contributed by atoms with van der Waals surface area (Å²) in [5.41, 5.74) is 0.999. The van der Waals surface area contributed by atoms with Gasteiger partial charge in [-0.3, -0.25) is 4.79 Å². The van der Waals surface area contributed by atoms with Gasteiger partial charge in [0.15, 0.2) is 0 Å². The maximum absolute atomic E-state index is 12.9. The first-order chi connectivity index (χ1) is 7.20. The van der Waals surface area contributed by atoms with Crippen LogP contribution in [0.5, 0.6) is 0 Å². The number of benzene rings is 1. The zero-order chi connectivity index (χ0) is 10.8. The minimum absolute atomic E-state index is 0.178. The summed E-state index contributed by atoms with van der Waals surface area (Å²) in [5.74, 6) is -0.348. The highest BCUT2D eigenvalue weighted by Gasteiger charge is 2.02. The third kappa shape index (κ3) is 1.89. The summed E-state index contributed by atoms with van der Waals surface area (Å²) in [6, 6.07) is 6.12. The largest absolute Gasteiger partial charge is 0.322 e. The number of fused-ring (bicyclic) bond motifs is 1. The number of aromatic amines is 1. The zero-order valence-corrected chi connectivity index (χ0v) is 8.30. The Hall–Kier alpha value is -1.68. The van der Waals surface area contributed by atoms with Crippen molar-refractivity contribution in [2.24, 2.45) is 0 Å². The van der Waals surface area contributed by atoms with Gasteiger partial charge in [-0.15, -0.1) is 0 Å². The van der Waals surface area contributed by atoms with Gasteiger partial charge in [0.1, 0.15) is 5.82 Å². The van der Waals surface area contributed by atoms with Crippen LogP contribution in [-0.4, -0.2) is 12.0 Å². The van der Waals surface area contributed by atoms with Crippen LogP contribution in [0.15, 0.2) is 29.1 Å². The normalized spacial score (nSPS) is 10.8. The summed E-state index contributed by atoms with van der Waals surface area (Å²) >= 11 is 0. The summed E-state index contributed by atoms with van der Waals surface area (Å²) in [4.78, 5) is 14.2. The number of hydrogen-bond donors (Lipinski definition) is 2. The molecule has 0 saturated heterocycles. The summed E-state index contributed by atoms with van der Waals surface area (Å²) in [5, 5.41) is 3.74. The molecule has 4 heteroatoms. The average molecular weight is 206 g/mol. The number of halogens is 1. The number of nitrogens with one attached hydrogen (secondary N) is 2. The second-order valence-corrected chi connectivity index (χ2v) is 3.39. The van der Waals surface area contributed by atoms with Crippen molar-refractivity contribution >= 4 is 10.9 Å². The van der Waals surface area contributed by atoms with Crippen molar-refractivity contribution in [1.82, 2.24) is 10.3 Å². The highest BCUT2D eigenvalue weighted by Crippen LogP contribution is 2.12. The van der Waals surface area contributed by atoms with E-state index < -0.39 is 0 Å². The topological polar surface area (TPSA) is 44.9 Å². The standard InChI is InChI=1S/C11H11FN2O/c1-13-6-8-4-7-2-3-9(12)5-10(7)14-11(8)15/h2-5,13H,6H2,1H3,(H,14,15). The Bertz CT molecular complexity index is 548. The Labute approximate surface area is 85.9 Å². The molecular formula is C11H11FN2O. The lowest BCUT2D eigenvalue weighted by molar-refractivity contribution is 0.629. The molecule has 0 aliphatic heterocycles. The van der Waals surface area contributed by atoms with Crippen LogP contribution in [0.4, 0.5) is 4.39 Å². The van der Waals surface area contributed by atoms with Crippen molar-refractivity contribution < 1.29 is 4.39 Å². The molecule has 0 atom stereocenters. The third-order valence-electron chi connectivity index (χ3n) is 2.25. The molecule has 15 heavy (non-hydrogen) atoms. The highest BCUT2D eigenvalue weighted by molar-refractivity contribution is 5.78. The van der Waals surface area contributed by atoms with Crippen LogP contribution in [-0.2, 0) is 6.54 Å². The predicted octanol–water partition coefficient (Wildman–Crippen LogP) is 1.39. The molecule has 0 aliphatic carbocycles. The van der Waals surface area contributed by atoms with Gasteiger partial charge >= 0.3 is 0 Å². The number of pyridine rings is 1. The first-order valence-electron chi connectivity index (χ1n) is 4.67. The van der Waals surface area contributed by atoms with E-state index in [-0.39, 0.29) is 11.4 Å². The molecule has 0 amide bonds. The molecule has 0 saturated carbocycles. The van der Waals surface area contributed by atoms with E-state index in [9.17, 15) is 9.18 Å². The molecular weight excluding hydrogens is 195 g/mol. The van der Waals surface area contributed by atoms with Crippen molar-refractivity contribution in [3.63, 3.8) is 0 Å². The second-order valence-electron chi connectivity index (χ2n) is 3.39. The molecule has 0 spiro atoms. The first kappa shape index (κ1) is 9.86. The number of rotatable bonds is 2. The van der Waals surface area contributed by atoms with Crippen molar-refractivity contribution in [2.75, 3.05) is 7.05 Å². The molecule has 1 aromatic carbocycles. The summed E-state index contributed by atoms with van der Waals surface area (Å²) in [6.07, 6.45) is 0. The molecule has 0 aliphatic rings. The molecule has 0 fully saturated rings. The molecule has 2 rings (SSSR count). The van der Waals surface area contributed by atoms with E-state index in [4.69, 9.17) is 0 Å². The van der Waals surface area contributed by atoms with Crippen molar-refractivity contribution in [2.45, 2.75) is 6.54 Å². The van der Waals surface area contributed by atoms with Crippen LogP contribution in [0, 0.1) is 5.82 Å². The van der Waals surface area contributed by atoms with Crippen LogP contribution >= 0.6 is 0 Å². The van der Waals surface area contributed by atoms with Crippen LogP contribution in [0.1, 0.15) is 5.56 Å². The van der Waals surface area contributed by atoms with Crippen molar-refractivity contribution in [3.8, 4) is 0 Å². The molecule has 2 aromatic rings. The smallest absolute Gasteiger partial charge is 0.252 e. The van der Waals surface area contributed by atoms with E-state index in [1.807, 2.05) is 0 Å².